The summed E-state index contributed by atoms with van der Waals surface area (Å²) in [7, 11) is 0. The maximum Gasteiger partial charge on any atom is 0.226 e. The second-order valence-corrected chi connectivity index (χ2v) is 7.71. The molecule has 2 aliphatic heterocycles. The minimum atomic E-state index is -0.137. The van der Waals surface area contributed by atoms with Gasteiger partial charge in [-0.15, -0.1) is 0 Å². The first-order chi connectivity index (χ1) is 12.2. The van der Waals surface area contributed by atoms with Crippen molar-refractivity contribution in [3.63, 3.8) is 0 Å². The summed E-state index contributed by atoms with van der Waals surface area (Å²) in [4.78, 5) is 22.0. The molecule has 130 valence electrons. The standard InChI is InChI=1S/C20H24N4O/c1-3-24-16-6-4-9-21-18(16)23-10-5-7-17(23)20(24)8-11-22(13-20)19(25)15-12-14(15)2/h4-7,9-10,14-15H,3,8,11-13H2,1-2H3/t14-,15-,20-/m1/s1. The van der Waals surface area contributed by atoms with Gasteiger partial charge in [-0.3, -0.25) is 4.79 Å². The highest BCUT2D eigenvalue weighted by molar-refractivity contribution is 5.82. The van der Waals surface area contributed by atoms with Gasteiger partial charge in [0.25, 0.3) is 0 Å². The zero-order valence-corrected chi connectivity index (χ0v) is 14.9. The van der Waals surface area contributed by atoms with Crippen molar-refractivity contribution in [2.24, 2.45) is 11.8 Å². The fourth-order valence-corrected chi connectivity index (χ4v) is 4.88. The zero-order chi connectivity index (χ0) is 17.2. The number of carbonyl (C=O) groups is 1. The van der Waals surface area contributed by atoms with Crippen LogP contribution in [0.2, 0.25) is 0 Å². The van der Waals surface area contributed by atoms with Gasteiger partial charge < -0.3 is 14.4 Å². The quantitative estimate of drug-likeness (QED) is 0.847. The Hall–Kier alpha value is -2.30. The SMILES string of the molecule is CCN1c2cccnc2-n2cccc2[C@]12CCN(C(=O)[C@@H]1C[C@H]1C)C2. The minimum Gasteiger partial charge on any atom is -0.356 e. The van der Waals surface area contributed by atoms with E-state index in [1.807, 2.05) is 12.3 Å². The summed E-state index contributed by atoms with van der Waals surface area (Å²) in [5.41, 5.74) is 2.30. The average molecular weight is 336 g/mol. The van der Waals surface area contributed by atoms with Crippen LogP contribution in [0.3, 0.4) is 0 Å². The highest BCUT2D eigenvalue weighted by atomic mass is 16.2. The van der Waals surface area contributed by atoms with E-state index in [0.717, 1.165) is 38.3 Å². The van der Waals surface area contributed by atoms with E-state index in [1.54, 1.807) is 0 Å². The van der Waals surface area contributed by atoms with Crippen LogP contribution >= 0.6 is 0 Å². The Morgan fingerprint density at radius 2 is 2.20 bits per heavy atom. The molecule has 5 rings (SSSR count). The molecule has 0 unspecified atom stereocenters. The Balaban J connectivity index is 1.58. The van der Waals surface area contributed by atoms with Crippen LogP contribution in [0, 0.1) is 11.8 Å². The average Bonchev–Trinajstić information content (AvgIpc) is 3.05. The number of pyridine rings is 1. The van der Waals surface area contributed by atoms with Crippen LogP contribution in [0.1, 0.15) is 32.4 Å². The first-order valence-corrected chi connectivity index (χ1v) is 9.35. The molecule has 0 bridgehead atoms. The van der Waals surface area contributed by atoms with Crippen LogP contribution in [-0.4, -0.2) is 40.0 Å². The van der Waals surface area contributed by atoms with Gasteiger partial charge in [0.15, 0.2) is 5.82 Å². The summed E-state index contributed by atoms with van der Waals surface area (Å²) in [5.74, 6) is 2.17. The smallest absolute Gasteiger partial charge is 0.226 e. The Labute approximate surface area is 148 Å². The number of rotatable bonds is 2. The van der Waals surface area contributed by atoms with E-state index in [1.165, 1.54) is 11.4 Å². The number of likely N-dealkylation sites (tertiary alicyclic amines) is 1. The van der Waals surface area contributed by atoms with Crippen molar-refractivity contribution in [3.8, 4) is 5.82 Å². The third kappa shape index (κ3) is 1.95. The summed E-state index contributed by atoms with van der Waals surface area (Å²) in [6.45, 7) is 6.91. The largest absolute Gasteiger partial charge is 0.356 e. The second kappa shape index (κ2) is 5.10. The molecule has 5 nitrogen and oxygen atoms in total. The van der Waals surface area contributed by atoms with Crippen LogP contribution in [0.25, 0.3) is 5.82 Å². The highest BCUT2D eigenvalue weighted by Crippen LogP contribution is 2.48. The van der Waals surface area contributed by atoms with Gasteiger partial charge in [-0.2, -0.15) is 0 Å². The molecule has 2 aromatic rings. The van der Waals surface area contributed by atoms with Gasteiger partial charge in [-0.1, -0.05) is 6.92 Å². The van der Waals surface area contributed by atoms with E-state index in [4.69, 9.17) is 0 Å². The molecule has 25 heavy (non-hydrogen) atoms. The lowest BCUT2D eigenvalue weighted by Crippen LogP contribution is -2.52. The summed E-state index contributed by atoms with van der Waals surface area (Å²) in [6.07, 6.45) is 5.99. The summed E-state index contributed by atoms with van der Waals surface area (Å²) in [5, 5.41) is 0. The molecule has 1 spiro atoms. The molecule has 1 saturated carbocycles. The van der Waals surface area contributed by atoms with Gasteiger partial charge in [0.2, 0.25) is 5.91 Å². The second-order valence-electron chi connectivity index (χ2n) is 7.71. The van der Waals surface area contributed by atoms with Crippen molar-refractivity contribution in [2.75, 3.05) is 24.5 Å². The van der Waals surface area contributed by atoms with Crippen LogP contribution in [-0.2, 0) is 10.3 Å². The fourth-order valence-electron chi connectivity index (χ4n) is 4.88. The fraction of sp³-hybridized carbons (Fsp3) is 0.500. The number of amides is 1. The Morgan fingerprint density at radius 3 is 2.96 bits per heavy atom. The third-order valence-corrected chi connectivity index (χ3v) is 6.33. The third-order valence-electron chi connectivity index (χ3n) is 6.33. The highest BCUT2D eigenvalue weighted by Gasteiger charge is 2.52. The first kappa shape index (κ1) is 15.0. The molecule has 0 N–H and O–H groups in total. The number of carbonyl (C=O) groups excluding carboxylic acids is 1. The Kier molecular flexibility index (Phi) is 3.06. The molecule has 2 fully saturated rings. The van der Waals surface area contributed by atoms with Gasteiger partial charge >= 0.3 is 0 Å². The predicted octanol–water partition coefficient (Wildman–Crippen LogP) is 2.80. The Morgan fingerprint density at radius 1 is 1.36 bits per heavy atom. The number of hydrogen-bond acceptors (Lipinski definition) is 3. The number of fused-ring (bicyclic) bond motifs is 4. The molecule has 0 radical (unpaired) electrons. The van der Waals surface area contributed by atoms with Crippen molar-refractivity contribution in [1.82, 2.24) is 14.5 Å². The molecule has 4 heterocycles. The first-order valence-electron chi connectivity index (χ1n) is 9.35. The Bertz CT molecular complexity index is 844. The van der Waals surface area contributed by atoms with Crippen LogP contribution in [0.4, 0.5) is 5.69 Å². The molecule has 1 amide bonds. The van der Waals surface area contributed by atoms with Crippen molar-refractivity contribution in [2.45, 2.75) is 32.2 Å². The summed E-state index contributed by atoms with van der Waals surface area (Å²) in [6, 6.07) is 8.47. The molecule has 1 saturated heterocycles. The van der Waals surface area contributed by atoms with E-state index in [0.29, 0.717) is 11.8 Å². The molecule has 1 aliphatic carbocycles. The monoisotopic (exact) mass is 336 g/mol. The van der Waals surface area contributed by atoms with E-state index in [-0.39, 0.29) is 11.5 Å². The topological polar surface area (TPSA) is 41.4 Å². The lowest BCUT2D eigenvalue weighted by molar-refractivity contribution is -0.132. The zero-order valence-electron chi connectivity index (χ0n) is 14.9. The number of likely N-dealkylation sites (N-methyl/N-ethyl adjacent to an activating group) is 1. The molecular weight excluding hydrogens is 312 g/mol. The van der Waals surface area contributed by atoms with E-state index in [2.05, 4.69) is 57.6 Å². The number of hydrogen-bond donors (Lipinski definition) is 0. The van der Waals surface area contributed by atoms with Crippen LogP contribution < -0.4 is 4.90 Å². The molecule has 3 atom stereocenters. The van der Waals surface area contributed by atoms with Gasteiger partial charge in [0, 0.05) is 37.9 Å². The van der Waals surface area contributed by atoms with Crippen molar-refractivity contribution >= 4 is 11.6 Å². The maximum absolute atomic E-state index is 12.8. The number of aromatic nitrogens is 2. The number of nitrogens with zero attached hydrogens (tertiary/aromatic N) is 4. The predicted molar refractivity (Wildman–Crippen MR) is 96.7 cm³/mol. The van der Waals surface area contributed by atoms with E-state index in [9.17, 15) is 4.79 Å². The minimum absolute atomic E-state index is 0.137. The van der Waals surface area contributed by atoms with E-state index >= 15 is 0 Å². The van der Waals surface area contributed by atoms with E-state index < -0.39 is 0 Å². The van der Waals surface area contributed by atoms with Gasteiger partial charge in [-0.25, -0.2) is 4.98 Å². The van der Waals surface area contributed by atoms with Crippen LogP contribution in [0.15, 0.2) is 36.7 Å². The lowest BCUT2D eigenvalue weighted by Gasteiger charge is -2.46. The molecule has 5 heteroatoms. The molecular formula is C20H24N4O. The van der Waals surface area contributed by atoms with Crippen LogP contribution in [0.5, 0.6) is 0 Å². The lowest BCUT2D eigenvalue weighted by atomic mass is 9.89. The molecule has 3 aliphatic rings. The summed E-state index contributed by atoms with van der Waals surface area (Å²) >= 11 is 0. The van der Waals surface area contributed by atoms with Crippen molar-refractivity contribution in [3.05, 3.63) is 42.4 Å². The van der Waals surface area contributed by atoms with Gasteiger partial charge in [0.1, 0.15) is 0 Å². The molecule has 0 aromatic carbocycles. The van der Waals surface area contributed by atoms with Gasteiger partial charge in [0.05, 0.1) is 16.9 Å². The molecule has 2 aromatic heterocycles. The number of anilines is 1. The maximum atomic E-state index is 12.8. The van der Waals surface area contributed by atoms with Crippen molar-refractivity contribution in [1.29, 1.82) is 0 Å². The van der Waals surface area contributed by atoms with Gasteiger partial charge in [-0.05, 0) is 49.9 Å². The normalized spacial score (nSPS) is 29.7. The van der Waals surface area contributed by atoms with Crippen molar-refractivity contribution < 1.29 is 4.79 Å². The summed E-state index contributed by atoms with van der Waals surface area (Å²) < 4.78 is 2.22.